The Labute approximate surface area is 132 Å². The Balaban J connectivity index is 2.24. The maximum absolute atomic E-state index is 5.62. The highest BCUT2D eigenvalue weighted by molar-refractivity contribution is 5.67. The van der Waals surface area contributed by atoms with E-state index in [0.29, 0.717) is 13.2 Å². The monoisotopic (exact) mass is 294 g/mol. The zero-order chi connectivity index (χ0) is 15.9. The fourth-order valence-corrected chi connectivity index (χ4v) is 2.28. The zero-order valence-corrected chi connectivity index (χ0v) is 13.3. The van der Waals surface area contributed by atoms with Crippen LogP contribution in [0.5, 0.6) is 11.5 Å². The quantitative estimate of drug-likeness (QED) is 0.661. The minimum atomic E-state index is 0.522. The molecule has 0 atom stereocenters. The number of ether oxygens (including phenoxy) is 2. The molecule has 2 nitrogen and oxygen atoms in total. The van der Waals surface area contributed by atoms with Crippen molar-refractivity contribution < 1.29 is 9.47 Å². The van der Waals surface area contributed by atoms with E-state index in [-0.39, 0.29) is 0 Å². The van der Waals surface area contributed by atoms with E-state index >= 15 is 0 Å². The van der Waals surface area contributed by atoms with Gasteiger partial charge in [-0.15, -0.1) is 0 Å². The molecule has 114 valence electrons. The number of rotatable bonds is 7. The molecule has 2 rings (SSSR count). The summed E-state index contributed by atoms with van der Waals surface area (Å²) >= 11 is 0. The van der Waals surface area contributed by atoms with Gasteiger partial charge in [0.25, 0.3) is 0 Å². The van der Waals surface area contributed by atoms with Crippen molar-refractivity contribution >= 4 is 0 Å². The fraction of sp³-hybridized carbons (Fsp3) is 0.200. The van der Waals surface area contributed by atoms with Gasteiger partial charge in [-0.05, 0) is 60.4 Å². The van der Waals surface area contributed by atoms with E-state index in [2.05, 4.69) is 51.3 Å². The zero-order valence-electron chi connectivity index (χ0n) is 13.3. The summed E-state index contributed by atoms with van der Waals surface area (Å²) in [7, 11) is 0. The third-order valence-electron chi connectivity index (χ3n) is 3.40. The highest BCUT2D eigenvalue weighted by Crippen LogP contribution is 2.29. The van der Waals surface area contributed by atoms with E-state index in [1.54, 1.807) is 12.2 Å². The fourth-order valence-electron chi connectivity index (χ4n) is 2.28. The van der Waals surface area contributed by atoms with E-state index < -0.39 is 0 Å². The van der Waals surface area contributed by atoms with Crippen molar-refractivity contribution in [2.45, 2.75) is 13.8 Å². The normalized spacial score (nSPS) is 10.1. The second kappa shape index (κ2) is 7.51. The second-order valence-electron chi connectivity index (χ2n) is 5.16. The Kier molecular flexibility index (Phi) is 5.42. The maximum Gasteiger partial charge on any atom is 0.122 e. The number of benzene rings is 2. The lowest BCUT2D eigenvalue weighted by Gasteiger charge is -2.12. The Morgan fingerprint density at radius 3 is 1.50 bits per heavy atom. The molecule has 0 unspecified atom stereocenters. The summed E-state index contributed by atoms with van der Waals surface area (Å²) in [5.74, 6) is 1.79. The molecule has 0 saturated heterocycles. The van der Waals surface area contributed by atoms with Gasteiger partial charge in [0, 0.05) is 0 Å². The molecule has 0 heterocycles. The minimum Gasteiger partial charge on any atom is -0.489 e. The van der Waals surface area contributed by atoms with Crippen LogP contribution in [0, 0.1) is 13.8 Å². The first kappa shape index (κ1) is 15.9. The highest BCUT2D eigenvalue weighted by atomic mass is 16.5. The average Bonchev–Trinajstić information content (AvgIpc) is 2.52. The van der Waals surface area contributed by atoms with Crippen LogP contribution in [0.25, 0.3) is 11.1 Å². The molecule has 2 aromatic rings. The topological polar surface area (TPSA) is 18.5 Å². The summed E-state index contributed by atoms with van der Waals surface area (Å²) in [6.07, 6.45) is 3.50. The summed E-state index contributed by atoms with van der Waals surface area (Å²) < 4.78 is 11.2. The molecule has 0 fully saturated rings. The van der Waals surface area contributed by atoms with E-state index in [4.69, 9.17) is 9.47 Å². The van der Waals surface area contributed by atoms with E-state index in [9.17, 15) is 0 Å². The van der Waals surface area contributed by atoms with Crippen LogP contribution in [0.3, 0.4) is 0 Å². The summed E-state index contributed by atoms with van der Waals surface area (Å²) in [4.78, 5) is 0. The van der Waals surface area contributed by atoms with Crippen molar-refractivity contribution in [3.8, 4) is 22.6 Å². The first-order chi connectivity index (χ1) is 10.7. The maximum atomic E-state index is 5.62. The number of hydrogen-bond acceptors (Lipinski definition) is 2. The summed E-state index contributed by atoms with van der Waals surface area (Å²) in [6, 6.07) is 12.4. The summed E-state index contributed by atoms with van der Waals surface area (Å²) in [6.45, 7) is 12.5. The molecular formula is C20H22O2. The van der Waals surface area contributed by atoms with Crippen LogP contribution < -0.4 is 9.47 Å². The largest absolute Gasteiger partial charge is 0.489 e. The van der Waals surface area contributed by atoms with Crippen LogP contribution in [-0.4, -0.2) is 13.2 Å². The SMILES string of the molecule is C=CCOc1ccc(-c2ccc(OCC=C)c(C)c2)cc1C. The summed E-state index contributed by atoms with van der Waals surface area (Å²) in [5.41, 5.74) is 4.57. The van der Waals surface area contributed by atoms with Crippen molar-refractivity contribution in [1.29, 1.82) is 0 Å². The van der Waals surface area contributed by atoms with E-state index in [1.807, 2.05) is 12.1 Å². The van der Waals surface area contributed by atoms with Gasteiger partial charge in [0.15, 0.2) is 0 Å². The lowest BCUT2D eigenvalue weighted by Crippen LogP contribution is -1.96. The van der Waals surface area contributed by atoms with Gasteiger partial charge < -0.3 is 9.47 Å². The molecule has 22 heavy (non-hydrogen) atoms. The van der Waals surface area contributed by atoms with Crippen LogP contribution in [0.2, 0.25) is 0 Å². The summed E-state index contributed by atoms with van der Waals surface area (Å²) in [5, 5.41) is 0. The number of hydrogen-bond donors (Lipinski definition) is 0. The Hall–Kier alpha value is -2.48. The molecule has 0 amide bonds. The Morgan fingerprint density at radius 1 is 0.773 bits per heavy atom. The van der Waals surface area contributed by atoms with Gasteiger partial charge in [-0.25, -0.2) is 0 Å². The molecule has 0 aliphatic carbocycles. The Morgan fingerprint density at radius 2 is 1.18 bits per heavy atom. The second-order valence-corrected chi connectivity index (χ2v) is 5.16. The van der Waals surface area contributed by atoms with E-state index in [1.165, 1.54) is 11.1 Å². The molecule has 0 radical (unpaired) electrons. The van der Waals surface area contributed by atoms with Crippen molar-refractivity contribution in [3.05, 3.63) is 72.8 Å². The predicted molar refractivity (Wildman–Crippen MR) is 92.7 cm³/mol. The molecular weight excluding hydrogens is 272 g/mol. The molecule has 0 spiro atoms. The molecule has 2 heteroatoms. The lowest BCUT2D eigenvalue weighted by molar-refractivity contribution is 0.360. The van der Waals surface area contributed by atoms with Gasteiger partial charge >= 0.3 is 0 Å². The van der Waals surface area contributed by atoms with Crippen molar-refractivity contribution in [1.82, 2.24) is 0 Å². The molecule has 0 bridgehead atoms. The third kappa shape index (κ3) is 3.79. The molecule has 0 N–H and O–H groups in total. The molecule has 0 saturated carbocycles. The van der Waals surface area contributed by atoms with Crippen LogP contribution in [0.15, 0.2) is 61.7 Å². The van der Waals surface area contributed by atoms with Gasteiger partial charge in [-0.2, -0.15) is 0 Å². The number of aryl methyl sites for hydroxylation is 2. The van der Waals surface area contributed by atoms with Gasteiger partial charge in [0.2, 0.25) is 0 Å². The molecule has 0 aliphatic rings. The van der Waals surface area contributed by atoms with Crippen molar-refractivity contribution in [3.63, 3.8) is 0 Å². The van der Waals surface area contributed by atoms with Gasteiger partial charge in [0.05, 0.1) is 0 Å². The predicted octanol–water partition coefficient (Wildman–Crippen LogP) is 5.10. The molecule has 0 aliphatic heterocycles. The molecule has 0 aromatic heterocycles. The van der Waals surface area contributed by atoms with Gasteiger partial charge in [0.1, 0.15) is 24.7 Å². The van der Waals surface area contributed by atoms with Crippen LogP contribution in [-0.2, 0) is 0 Å². The van der Waals surface area contributed by atoms with E-state index in [0.717, 1.165) is 22.6 Å². The average molecular weight is 294 g/mol. The van der Waals surface area contributed by atoms with Crippen LogP contribution in [0.1, 0.15) is 11.1 Å². The van der Waals surface area contributed by atoms with Gasteiger partial charge in [-0.1, -0.05) is 37.4 Å². The smallest absolute Gasteiger partial charge is 0.122 e. The van der Waals surface area contributed by atoms with Crippen LogP contribution in [0.4, 0.5) is 0 Å². The van der Waals surface area contributed by atoms with Gasteiger partial charge in [-0.3, -0.25) is 0 Å². The van der Waals surface area contributed by atoms with Crippen LogP contribution >= 0.6 is 0 Å². The third-order valence-corrected chi connectivity index (χ3v) is 3.40. The minimum absolute atomic E-state index is 0.522. The Bertz CT molecular complexity index is 612. The first-order valence-corrected chi connectivity index (χ1v) is 7.34. The van der Waals surface area contributed by atoms with Crippen molar-refractivity contribution in [2.24, 2.45) is 0 Å². The molecule has 2 aromatic carbocycles. The lowest BCUT2D eigenvalue weighted by atomic mass is 10.0. The van der Waals surface area contributed by atoms with Crippen molar-refractivity contribution in [2.75, 3.05) is 13.2 Å². The first-order valence-electron chi connectivity index (χ1n) is 7.34. The highest BCUT2D eigenvalue weighted by Gasteiger charge is 2.06. The standard InChI is InChI=1S/C20H22O2/c1-5-11-21-19-9-7-17(13-15(19)3)18-8-10-20(16(4)14-18)22-12-6-2/h5-10,13-14H,1-2,11-12H2,3-4H3.